The van der Waals surface area contributed by atoms with Crippen LogP contribution in [0.1, 0.15) is 27.9 Å². The minimum absolute atomic E-state index is 0.0760. The molecule has 1 amide bonds. The van der Waals surface area contributed by atoms with Gasteiger partial charge in [-0.2, -0.15) is 0 Å². The molecule has 1 saturated heterocycles. The Morgan fingerprint density at radius 3 is 2.41 bits per heavy atom. The van der Waals surface area contributed by atoms with Gasteiger partial charge in [0.2, 0.25) is 0 Å². The fourth-order valence-corrected chi connectivity index (χ4v) is 2.77. The molecule has 0 aromatic heterocycles. The Morgan fingerprint density at radius 2 is 1.74 bits per heavy atom. The van der Waals surface area contributed by atoms with Crippen molar-refractivity contribution in [1.82, 2.24) is 5.32 Å². The number of allylic oxidation sites excluding steroid dienone is 3. The van der Waals surface area contributed by atoms with Gasteiger partial charge in [0.25, 0.3) is 5.91 Å². The smallest absolute Gasteiger partial charge is 0.259 e. The Bertz CT molecular complexity index is 929. The van der Waals surface area contributed by atoms with Gasteiger partial charge in [-0.1, -0.05) is 73.3 Å². The third kappa shape index (κ3) is 4.76. The average Bonchev–Trinajstić information content (AvgIpc) is 2.66. The highest BCUT2D eigenvalue weighted by molar-refractivity contribution is 6.22. The highest BCUT2D eigenvalue weighted by Gasteiger charge is 2.24. The number of benzene rings is 2. The van der Waals surface area contributed by atoms with E-state index in [0.29, 0.717) is 17.7 Å². The van der Waals surface area contributed by atoms with Crippen LogP contribution in [0.3, 0.4) is 0 Å². The van der Waals surface area contributed by atoms with Gasteiger partial charge in [-0.05, 0) is 17.2 Å². The fraction of sp³-hybridized carbons (Fsp3) is 0.0870. The summed E-state index contributed by atoms with van der Waals surface area (Å²) in [6.07, 6.45) is 5.47. The van der Waals surface area contributed by atoms with E-state index >= 15 is 0 Å². The van der Waals surface area contributed by atoms with Crippen LogP contribution in [0, 0.1) is 0 Å². The van der Waals surface area contributed by atoms with Gasteiger partial charge in [0.15, 0.2) is 11.6 Å². The van der Waals surface area contributed by atoms with Crippen LogP contribution in [0.5, 0.6) is 0 Å². The second-order valence-corrected chi connectivity index (χ2v) is 6.30. The maximum absolute atomic E-state index is 12.2. The monoisotopic (exact) mass is 357 g/mol. The number of amides is 1. The van der Waals surface area contributed by atoms with E-state index in [0.717, 1.165) is 11.1 Å². The zero-order chi connectivity index (χ0) is 19.2. The van der Waals surface area contributed by atoms with Crippen LogP contribution < -0.4 is 5.32 Å². The maximum atomic E-state index is 12.2. The topological polar surface area (TPSA) is 63.2 Å². The number of carbonyl (C=O) groups excluding carboxylic acids is 3. The number of carbonyl (C=O) groups is 3. The van der Waals surface area contributed by atoms with Crippen LogP contribution in [0.15, 0.2) is 84.6 Å². The van der Waals surface area contributed by atoms with Gasteiger partial charge < -0.3 is 5.32 Å². The van der Waals surface area contributed by atoms with Gasteiger partial charge in [0.1, 0.15) is 0 Å². The lowest BCUT2D eigenvalue weighted by Gasteiger charge is -2.15. The number of hydrogen-bond donors (Lipinski definition) is 1. The number of piperidine rings is 1. The van der Waals surface area contributed by atoms with Crippen LogP contribution in [-0.4, -0.2) is 17.5 Å². The van der Waals surface area contributed by atoms with Crippen molar-refractivity contribution < 1.29 is 14.4 Å². The van der Waals surface area contributed by atoms with Crippen LogP contribution >= 0.6 is 0 Å². The van der Waals surface area contributed by atoms with E-state index in [1.54, 1.807) is 12.2 Å². The second kappa shape index (κ2) is 8.23. The Hall–Kier alpha value is -3.53. The van der Waals surface area contributed by atoms with E-state index in [1.807, 2.05) is 54.6 Å². The predicted octanol–water partition coefficient (Wildman–Crippen LogP) is 3.65. The Labute approximate surface area is 157 Å². The summed E-state index contributed by atoms with van der Waals surface area (Å²) in [4.78, 5) is 35.9. The van der Waals surface area contributed by atoms with Crippen LogP contribution in [0.25, 0.3) is 6.08 Å². The SMILES string of the molecule is C=C1CC(=O)/C(=C\C=C\c2ccc(CC(=O)c3ccccc3)cc2)C(=O)N1. The van der Waals surface area contributed by atoms with Gasteiger partial charge in [-0.15, -0.1) is 0 Å². The number of Topliss-reactive ketones (excluding diaryl/α,β-unsaturated/α-hetero) is 2. The molecule has 0 atom stereocenters. The fourth-order valence-electron chi connectivity index (χ4n) is 2.77. The average molecular weight is 357 g/mol. The standard InChI is InChI=1S/C23H19NO3/c1-16-14-22(26)20(23(27)24-16)9-5-6-17-10-12-18(13-11-17)15-21(25)19-7-3-2-4-8-19/h2-13H,1,14-15H2,(H,24,27)/b6-5+,20-9+. The molecule has 1 aliphatic rings. The molecule has 0 radical (unpaired) electrons. The Kier molecular flexibility index (Phi) is 5.57. The number of rotatable bonds is 5. The molecule has 1 aliphatic heterocycles. The van der Waals surface area contributed by atoms with Crippen molar-refractivity contribution >= 4 is 23.5 Å². The van der Waals surface area contributed by atoms with Crippen molar-refractivity contribution in [2.75, 3.05) is 0 Å². The largest absolute Gasteiger partial charge is 0.326 e. The molecule has 2 aromatic carbocycles. The zero-order valence-corrected chi connectivity index (χ0v) is 14.8. The van der Waals surface area contributed by atoms with Crippen LogP contribution in [0.4, 0.5) is 0 Å². The van der Waals surface area contributed by atoms with Crippen LogP contribution in [0.2, 0.25) is 0 Å². The summed E-state index contributed by atoms with van der Waals surface area (Å²) in [6.45, 7) is 3.60. The molecule has 1 fully saturated rings. The van der Waals surface area contributed by atoms with E-state index in [1.165, 1.54) is 6.08 Å². The Morgan fingerprint density at radius 1 is 1.04 bits per heavy atom. The first-order chi connectivity index (χ1) is 13.0. The van der Waals surface area contributed by atoms with Gasteiger partial charge >= 0.3 is 0 Å². The molecule has 134 valence electrons. The van der Waals surface area contributed by atoms with Gasteiger partial charge in [-0.25, -0.2) is 0 Å². The predicted molar refractivity (Wildman–Crippen MR) is 105 cm³/mol. The molecule has 0 aliphatic carbocycles. The lowest BCUT2D eigenvalue weighted by molar-refractivity contribution is -0.123. The molecule has 3 rings (SSSR count). The number of nitrogens with one attached hydrogen (secondary N) is 1. The second-order valence-electron chi connectivity index (χ2n) is 6.30. The molecule has 27 heavy (non-hydrogen) atoms. The van der Waals surface area contributed by atoms with Gasteiger partial charge in [-0.3, -0.25) is 14.4 Å². The van der Waals surface area contributed by atoms with Gasteiger partial charge in [0, 0.05) is 17.7 Å². The molecule has 1 heterocycles. The zero-order valence-electron chi connectivity index (χ0n) is 14.8. The third-order valence-electron chi connectivity index (χ3n) is 4.20. The number of ketones is 2. The minimum atomic E-state index is -0.421. The molecule has 4 nitrogen and oxygen atoms in total. The van der Waals surface area contributed by atoms with E-state index < -0.39 is 5.91 Å². The molecule has 0 saturated carbocycles. The summed E-state index contributed by atoms with van der Waals surface area (Å²) in [5, 5.41) is 2.56. The summed E-state index contributed by atoms with van der Waals surface area (Å²) in [5.74, 6) is -0.578. The highest BCUT2D eigenvalue weighted by Crippen LogP contribution is 2.14. The summed E-state index contributed by atoms with van der Waals surface area (Å²) in [7, 11) is 0. The highest BCUT2D eigenvalue weighted by atomic mass is 16.2. The van der Waals surface area contributed by atoms with E-state index in [2.05, 4.69) is 11.9 Å². The molecule has 0 bridgehead atoms. The molecule has 2 aromatic rings. The first-order valence-electron chi connectivity index (χ1n) is 8.61. The molecular weight excluding hydrogens is 338 g/mol. The van der Waals surface area contributed by atoms with E-state index in [-0.39, 0.29) is 23.6 Å². The molecule has 0 spiro atoms. The molecular formula is C23H19NO3. The summed E-state index contributed by atoms with van der Waals surface area (Å²) >= 11 is 0. The maximum Gasteiger partial charge on any atom is 0.259 e. The quantitative estimate of drug-likeness (QED) is 0.505. The summed E-state index contributed by atoms with van der Waals surface area (Å²) < 4.78 is 0. The Balaban J connectivity index is 1.64. The van der Waals surface area contributed by atoms with Crippen molar-refractivity contribution in [3.63, 3.8) is 0 Å². The lowest BCUT2D eigenvalue weighted by atomic mass is 10.0. The summed E-state index contributed by atoms with van der Waals surface area (Å²) in [6, 6.07) is 16.8. The normalized spacial score (nSPS) is 16.0. The van der Waals surface area contributed by atoms with E-state index in [4.69, 9.17) is 0 Å². The minimum Gasteiger partial charge on any atom is -0.326 e. The van der Waals surface area contributed by atoms with Crippen molar-refractivity contribution in [3.8, 4) is 0 Å². The number of hydrogen-bond acceptors (Lipinski definition) is 3. The van der Waals surface area contributed by atoms with Crippen molar-refractivity contribution in [3.05, 3.63) is 101 Å². The molecule has 0 unspecified atom stereocenters. The van der Waals surface area contributed by atoms with Crippen molar-refractivity contribution in [1.29, 1.82) is 0 Å². The molecule has 1 N–H and O–H groups in total. The van der Waals surface area contributed by atoms with Crippen molar-refractivity contribution in [2.24, 2.45) is 0 Å². The van der Waals surface area contributed by atoms with Gasteiger partial charge in [0.05, 0.1) is 12.0 Å². The third-order valence-corrected chi connectivity index (χ3v) is 4.20. The lowest BCUT2D eigenvalue weighted by Crippen LogP contribution is -2.34. The first-order valence-corrected chi connectivity index (χ1v) is 8.61. The van der Waals surface area contributed by atoms with E-state index in [9.17, 15) is 14.4 Å². The van der Waals surface area contributed by atoms with Crippen LogP contribution in [-0.2, 0) is 16.0 Å². The summed E-state index contributed by atoms with van der Waals surface area (Å²) in [5.41, 5.74) is 3.09. The molecule has 4 heteroatoms. The van der Waals surface area contributed by atoms with Crippen molar-refractivity contribution in [2.45, 2.75) is 12.8 Å². The first kappa shape index (κ1) is 18.3.